The minimum Gasteiger partial charge on any atom is -0.494 e. The molecule has 0 aliphatic carbocycles. The number of benzene rings is 1. The van der Waals surface area contributed by atoms with E-state index in [4.69, 9.17) is 4.74 Å². The third-order valence-electron chi connectivity index (χ3n) is 6.25. The molecule has 1 amide bonds. The highest BCUT2D eigenvalue weighted by Gasteiger charge is 2.31. The maximum absolute atomic E-state index is 13.4. The summed E-state index contributed by atoms with van der Waals surface area (Å²) in [5, 5.41) is 4.79. The van der Waals surface area contributed by atoms with Gasteiger partial charge in [-0.2, -0.15) is 5.10 Å². The predicted octanol–water partition coefficient (Wildman–Crippen LogP) is 1.86. The molecule has 0 unspecified atom stereocenters. The van der Waals surface area contributed by atoms with Gasteiger partial charge in [-0.1, -0.05) is 30.3 Å². The molecule has 0 spiro atoms. The molecule has 1 fully saturated rings. The first-order chi connectivity index (χ1) is 17.5. The Morgan fingerprint density at radius 3 is 2.42 bits per heavy atom. The Morgan fingerprint density at radius 2 is 1.78 bits per heavy atom. The van der Waals surface area contributed by atoms with Gasteiger partial charge in [-0.05, 0) is 6.92 Å². The second kappa shape index (κ2) is 9.61. The molecule has 11 nitrogen and oxygen atoms in total. The summed E-state index contributed by atoms with van der Waals surface area (Å²) in [7, 11) is 3.26. The number of piperazine rings is 1. The summed E-state index contributed by atoms with van der Waals surface area (Å²) in [5.74, 6) is 1.15. The molecule has 0 saturated carbocycles. The molecule has 1 saturated heterocycles. The Balaban J connectivity index is 1.37. The van der Waals surface area contributed by atoms with Crippen molar-refractivity contribution in [2.24, 2.45) is 4.99 Å². The molecule has 1 N–H and O–H groups in total. The van der Waals surface area contributed by atoms with Crippen molar-refractivity contribution in [3.63, 3.8) is 0 Å². The fourth-order valence-corrected chi connectivity index (χ4v) is 4.48. The highest BCUT2D eigenvalue weighted by atomic mass is 16.5. The average Bonchev–Trinajstić information content (AvgIpc) is 3.56. The van der Waals surface area contributed by atoms with Crippen LogP contribution >= 0.6 is 0 Å². The summed E-state index contributed by atoms with van der Waals surface area (Å²) in [5.41, 5.74) is 1.79. The average molecular weight is 487 g/mol. The van der Waals surface area contributed by atoms with Crippen molar-refractivity contribution < 1.29 is 14.3 Å². The van der Waals surface area contributed by atoms with E-state index >= 15 is 0 Å². The summed E-state index contributed by atoms with van der Waals surface area (Å²) in [6.07, 6.45) is 4.58. The van der Waals surface area contributed by atoms with E-state index in [1.807, 2.05) is 30.3 Å². The first kappa shape index (κ1) is 23.2. The van der Waals surface area contributed by atoms with E-state index < -0.39 is 11.7 Å². The van der Waals surface area contributed by atoms with E-state index in [0.717, 1.165) is 11.4 Å². The lowest BCUT2D eigenvalue weighted by molar-refractivity contribution is -0.127. The number of methoxy groups -OCH3 is 1. The van der Waals surface area contributed by atoms with Crippen molar-refractivity contribution in [2.75, 3.05) is 40.3 Å². The van der Waals surface area contributed by atoms with Gasteiger partial charge in [0.05, 0.1) is 29.8 Å². The molecule has 3 aromatic heterocycles. The molecule has 0 atom stereocenters. The van der Waals surface area contributed by atoms with Gasteiger partial charge in [0.1, 0.15) is 23.7 Å². The zero-order valence-electron chi connectivity index (χ0n) is 20.3. The minimum atomic E-state index is -0.604. The number of aromatic amines is 1. The summed E-state index contributed by atoms with van der Waals surface area (Å²) in [6, 6.07) is 9.93. The van der Waals surface area contributed by atoms with Crippen LogP contribution in [0.2, 0.25) is 0 Å². The topological polar surface area (TPSA) is 122 Å². The molecule has 1 aliphatic heterocycles. The van der Waals surface area contributed by atoms with Crippen LogP contribution in [0.5, 0.6) is 5.75 Å². The standard InChI is InChI=1S/C25H26N8O3/c1-16-29-15-33(30-16)24-21-20(19(36-3)14-28-24)18(13-27-21)22(34)25(35)32-11-9-31(10-12-32)23(26-2)17-7-5-4-6-8-17/h4-8,13-15,27H,9-12H2,1-3H3. The van der Waals surface area contributed by atoms with E-state index in [-0.39, 0.29) is 5.56 Å². The number of amidine groups is 1. The van der Waals surface area contributed by atoms with Gasteiger partial charge >= 0.3 is 0 Å². The van der Waals surface area contributed by atoms with Gasteiger partial charge < -0.3 is 19.5 Å². The number of nitrogens with zero attached hydrogens (tertiary/aromatic N) is 7. The summed E-state index contributed by atoms with van der Waals surface area (Å²) in [6.45, 7) is 3.77. The molecule has 4 heterocycles. The van der Waals surface area contributed by atoms with E-state index in [1.165, 1.54) is 24.2 Å². The van der Waals surface area contributed by atoms with Gasteiger partial charge in [0.2, 0.25) is 0 Å². The zero-order valence-corrected chi connectivity index (χ0v) is 20.3. The summed E-state index contributed by atoms with van der Waals surface area (Å²) >= 11 is 0. The van der Waals surface area contributed by atoms with Gasteiger partial charge in [-0.3, -0.25) is 14.6 Å². The minimum absolute atomic E-state index is 0.231. The Morgan fingerprint density at radius 1 is 1.06 bits per heavy atom. The lowest BCUT2D eigenvalue weighted by Gasteiger charge is -2.36. The normalized spacial score (nSPS) is 14.4. The lowest BCUT2D eigenvalue weighted by atomic mass is 10.1. The second-order valence-corrected chi connectivity index (χ2v) is 8.36. The van der Waals surface area contributed by atoms with E-state index in [0.29, 0.717) is 54.5 Å². The van der Waals surface area contributed by atoms with Crippen molar-refractivity contribution >= 4 is 28.4 Å². The Kier molecular flexibility index (Phi) is 6.19. The number of rotatable bonds is 5. The number of ketones is 1. The van der Waals surface area contributed by atoms with Crippen molar-refractivity contribution in [1.29, 1.82) is 0 Å². The van der Waals surface area contributed by atoms with Crippen molar-refractivity contribution in [1.82, 2.24) is 34.5 Å². The predicted molar refractivity (Wildman–Crippen MR) is 134 cm³/mol. The molecule has 11 heteroatoms. The quantitative estimate of drug-likeness (QED) is 0.198. The number of ether oxygens (including phenoxy) is 1. The Labute approximate surface area is 207 Å². The van der Waals surface area contributed by atoms with Crippen LogP contribution in [0, 0.1) is 6.92 Å². The zero-order chi connectivity index (χ0) is 25.2. The fraction of sp³-hybridized carbons (Fsp3) is 0.280. The van der Waals surface area contributed by atoms with Gasteiger partial charge in [-0.15, -0.1) is 0 Å². The highest BCUT2D eigenvalue weighted by Crippen LogP contribution is 2.31. The van der Waals surface area contributed by atoms with Crippen LogP contribution < -0.4 is 4.74 Å². The van der Waals surface area contributed by atoms with E-state index in [2.05, 4.69) is 29.9 Å². The monoisotopic (exact) mass is 486 g/mol. The van der Waals surface area contributed by atoms with Gasteiger partial charge in [0.25, 0.3) is 11.7 Å². The van der Waals surface area contributed by atoms with E-state index in [1.54, 1.807) is 25.2 Å². The van der Waals surface area contributed by atoms with Crippen LogP contribution in [0.4, 0.5) is 0 Å². The molecule has 36 heavy (non-hydrogen) atoms. The molecule has 1 aromatic carbocycles. The number of fused-ring (bicyclic) bond motifs is 1. The van der Waals surface area contributed by atoms with E-state index in [9.17, 15) is 9.59 Å². The van der Waals surface area contributed by atoms with Crippen molar-refractivity contribution in [3.05, 3.63) is 66.0 Å². The number of carbonyl (C=O) groups excluding carboxylic acids is 2. The number of aryl methyl sites for hydroxylation is 1. The molecule has 5 rings (SSSR count). The van der Waals surface area contributed by atoms with Crippen molar-refractivity contribution in [2.45, 2.75) is 6.92 Å². The number of hydrogen-bond donors (Lipinski definition) is 1. The number of Topliss-reactive ketones (excluding diaryl/α,β-unsaturated/α-hetero) is 1. The van der Waals surface area contributed by atoms with Crippen LogP contribution in [0.15, 0.2) is 54.0 Å². The molecule has 184 valence electrons. The maximum atomic E-state index is 13.4. The number of carbonyl (C=O) groups is 2. The number of aliphatic imine (C=N–C) groups is 1. The maximum Gasteiger partial charge on any atom is 0.295 e. The number of amides is 1. The third-order valence-corrected chi connectivity index (χ3v) is 6.25. The first-order valence-corrected chi connectivity index (χ1v) is 11.5. The van der Waals surface area contributed by atoms with Crippen molar-refractivity contribution in [3.8, 4) is 11.6 Å². The van der Waals surface area contributed by atoms with Crippen LogP contribution in [0.1, 0.15) is 21.7 Å². The Hall–Kier alpha value is -4.54. The third kappa shape index (κ3) is 4.08. The van der Waals surface area contributed by atoms with Gasteiger partial charge in [0, 0.05) is 45.0 Å². The van der Waals surface area contributed by atoms with Crippen LogP contribution in [-0.4, -0.2) is 92.4 Å². The fourth-order valence-electron chi connectivity index (χ4n) is 4.48. The molecule has 0 radical (unpaired) electrons. The number of nitrogens with one attached hydrogen (secondary N) is 1. The number of H-pyrrole nitrogens is 1. The van der Waals surface area contributed by atoms with Crippen LogP contribution in [0.3, 0.4) is 0 Å². The second-order valence-electron chi connectivity index (χ2n) is 8.36. The molecular weight excluding hydrogens is 460 g/mol. The van der Waals surface area contributed by atoms with Gasteiger partial charge in [-0.25, -0.2) is 14.6 Å². The molecular formula is C25H26N8O3. The largest absolute Gasteiger partial charge is 0.494 e. The SMILES string of the molecule is CN=C(c1ccccc1)N1CCN(C(=O)C(=O)c2c[nH]c3c(-n4cnc(C)n4)ncc(OC)c23)CC1. The number of aromatic nitrogens is 5. The number of hydrogen-bond acceptors (Lipinski definition) is 7. The smallest absolute Gasteiger partial charge is 0.295 e. The summed E-state index contributed by atoms with van der Waals surface area (Å²) in [4.78, 5) is 46.4. The number of pyridine rings is 1. The molecule has 0 bridgehead atoms. The van der Waals surface area contributed by atoms with Crippen LogP contribution in [0.25, 0.3) is 16.7 Å². The van der Waals surface area contributed by atoms with Gasteiger partial charge in [0.15, 0.2) is 5.82 Å². The summed E-state index contributed by atoms with van der Waals surface area (Å²) < 4.78 is 6.98. The Bertz CT molecular complexity index is 1450. The lowest BCUT2D eigenvalue weighted by Crippen LogP contribution is -2.52. The molecule has 4 aromatic rings. The first-order valence-electron chi connectivity index (χ1n) is 11.5. The molecule has 1 aliphatic rings. The van der Waals surface area contributed by atoms with Crippen LogP contribution in [-0.2, 0) is 4.79 Å². The highest BCUT2D eigenvalue weighted by molar-refractivity contribution is 6.45.